The van der Waals surface area contributed by atoms with Crippen molar-refractivity contribution in [3.05, 3.63) is 75.9 Å². The highest BCUT2D eigenvalue weighted by Crippen LogP contribution is 2.34. The molecular formula is C33H41F3N2O4. The van der Waals surface area contributed by atoms with E-state index in [0.29, 0.717) is 18.5 Å². The van der Waals surface area contributed by atoms with Crippen LogP contribution in [0.2, 0.25) is 0 Å². The van der Waals surface area contributed by atoms with Crippen LogP contribution in [0.5, 0.6) is 5.75 Å². The van der Waals surface area contributed by atoms with E-state index < -0.39 is 23.9 Å². The maximum atomic E-state index is 14.0. The van der Waals surface area contributed by atoms with Gasteiger partial charge in [0.15, 0.2) is 0 Å². The first-order valence-electron chi connectivity index (χ1n) is 14.8. The summed E-state index contributed by atoms with van der Waals surface area (Å²) in [6, 6.07) is 8.01. The molecule has 0 aliphatic heterocycles. The van der Waals surface area contributed by atoms with Crippen LogP contribution in [-0.4, -0.2) is 53.7 Å². The molecule has 2 aliphatic rings. The molecule has 2 aliphatic carbocycles. The van der Waals surface area contributed by atoms with Gasteiger partial charge in [-0.1, -0.05) is 37.0 Å². The smallest absolute Gasteiger partial charge is 0.416 e. The second-order valence-corrected chi connectivity index (χ2v) is 11.7. The summed E-state index contributed by atoms with van der Waals surface area (Å²) in [6.45, 7) is 6.31. The van der Waals surface area contributed by atoms with Gasteiger partial charge in [-0.2, -0.15) is 13.2 Å². The number of nitrogens with zero attached hydrogens (tertiary/aromatic N) is 1. The molecule has 2 atom stereocenters. The molecule has 1 fully saturated rings. The second kappa shape index (κ2) is 13.8. The highest BCUT2D eigenvalue weighted by molar-refractivity contribution is 5.96. The zero-order valence-electron chi connectivity index (χ0n) is 24.6. The molecule has 2 N–H and O–H groups in total. The highest BCUT2D eigenvalue weighted by Gasteiger charge is 2.36. The van der Waals surface area contributed by atoms with Gasteiger partial charge in [-0.3, -0.25) is 9.59 Å². The van der Waals surface area contributed by atoms with Crippen molar-refractivity contribution in [2.75, 3.05) is 19.7 Å². The van der Waals surface area contributed by atoms with Crippen LogP contribution in [0.15, 0.2) is 48.0 Å². The summed E-state index contributed by atoms with van der Waals surface area (Å²) in [5, 5.41) is 12.0. The van der Waals surface area contributed by atoms with E-state index in [-0.39, 0.29) is 42.9 Å². The Morgan fingerprint density at radius 2 is 1.67 bits per heavy atom. The Labute approximate surface area is 245 Å². The van der Waals surface area contributed by atoms with Crippen molar-refractivity contribution in [3.8, 4) is 5.75 Å². The van der Waals surface area contributed by atoms with Crippen molar-refractivity contribution in [2.45, 2.75) is 84.0 Å². The number of halogens is 3. The van der Waals surface area contributed by atoms with Gasteiger partial charge in [0.2, 0.25) is 5.91 Å². The normalized spacial score (nSPS) is 19.6. The van der Waals surface area contributed by atoms with Crippen LogP contribution >= 0.6 is 0 Å². The minimum Gasteiger partial charge on any atom is -0.486 e. The average molecular weight is 587 g/mol. The zero-order valence-corrected chi connectivity index (χ0v) is 24.6. The molecule has 0 saturated heterocycles. The standard InChI is InChI=1S/C33H41F3N2O4/c1-21-15-22(2)30(23(3)16-21)42-29-18-26(31(40)37-13-14-39)17-28(19-29)38(20-24-7-5-4-6-8-24)32(41)25-9-11-27(12-10-25)33(34,35)36/h9-12,15-16,18,24,28-29,39H,4-8,13-14,17,19-20H2,1-3H3,(H,37,40). The van der Waals surface area contributed by atoms with Crippen molar-refractivity contribution in [2.24, 2.45) is 5.92 Å². The molecule has 1 saturated carbocycles. The lowest BCUT2D eigenvalue weighted by atomic mass is 9.86. The first kappa shape index (κ1) is 31.6. The lowest BCUT2D eigenvalue weighted by Crippen LogP contribution is -2.48. The molecule has 6 nitrogen and oxygen atoms in total. The molecule has 2 amide bonds. The van der Waals surface area contributed by atoms with Crippen molar-refractivity contribution < 1.29 is 32.6 Å². The molecule has 2 unspecified atom stereocenters. The Bertz CT molecular complexity index is 1260. The Morgan fingerprint density at radius 1 is 1.02 bits per heavy atom. The summed E-state index contributed by atoms with van der Waals surface area (Å²) in [5.41, 5.74) is 2.88. The largest absolute Gasteiger partial charge is 0.486 e. The number of hydrogen-bond acceptors (Lipinski definition) is 4. The number of ether oxygens (including phenoxy) is 1. The molecule has 0 heterocycles. The molecule has 42 heavy (non-hydrogen) atoms. The van der Waals surface area contributed by atoms with Crippen LogP contribution in [0.1, 0.15) is 77.6 Å². The number of hydrogen-bond donors (Lipinski definition) is 2. The fraction of sp³-hybridized carbons (Fsp3) is 0.515. The van der Waals surface area contributed by atoms with Gasteiger partial charge in [0.05, 0.1) is 12.2 Å². The molecule has 4 rings (SSSR count). The summed E-state index contributed by atoms with van der Waals surface area (Å²) in [4.78, 5) is 28.9. The fourth-order valence-electron chi connectivity index (χ4n) is 6.25. The first-order valence-corrected chi connectivity index (χ1v) is 14.8. The lowest BCUT2D eigenvalue weighted by molar-refractivity contribution is -0.137. The molecule has 0 bridgehead atoms. The van der Waals surface area contributed by atoms with Gasteiger partial charge in [0, 0.05) is 36.7 Å². The number of alkyl halides is 3. The zero-order chi connectivity index (χ0) is 30.4. The van der Waals surface area contributed by atoms with Crippen molar-refractivity contribution in [1.82, 2.24) is 10.2 Å². The van der Waals surface area contributed by atoms with Crippen molar-refractivity contribution >= 4 is 11.8 Å². The van der Waals surface area contributed by atoms with Gasteiger partial charge in [0.1, 0.15) is 11.9 Å². The monoisotopic (exact) mass is 586 g/mol. The van der Waals surface area contributed by atoms with Gasteiger partial charge < -0.3 is 20.1 Å². The summed E-state index contributed by atoms with van der Waals surface area (Å²) in [7, 11) is 0. The molecule has 9 heteroatoms. The molecule has 2 aromatic carbocycles. The molecule has 2 aromatic rings. The minimum absolute atomic E-state index is 0.0960. The number of aliphatic hydroxyl groups is 1. The summed E-state index contributed by atoms with van der Waals surface area (Å²) in [5.74, 6) is 0.318. The van der Waals surface area contributed by atoms with Crippen LogP contribution in [0, 0.1) is 26.7 Å². The van der Waals surface area contributed by atoms with E-state index in [1.807, 2.05) is 32.9 Å². The van der Waals surface area contributed by atoms with Crippen LogP contribution in [-0.2, 0) is 11.0 Å². The SMILES string of the molecule is Cc1cc(C)c(OC2C=C(C(=O)NCCO)CC(N(CC3CCCCC3)C(=O)c3ccc(C(F)(F)F)cc3)C2)c(C)c1. The van der Waals surface area contributed by atoms with Gasteiger partial charge >= 0.3 is 6.18 Å². The van der Waals surface area contributed by atoms with E-state index in [1.165, 1.54) is 12.1 Å². The maximum absolute atomic E-state index is 14.0. The van der Waals surface area contributed by atoms with E-state index in [2.05, 4.69) is 5.32 Å². The number of aliphatic hydroxyl groups excluding tert-OH is 1. The van der Waals surface area contributed by atoms with Crippen molar-refractivity contribution in [3.63, 3.8) is 0 Å². The van der Waals surface area contributed by atoms with Crippen LogP contribution in [0.4, 0.5) is 13.2 Å². The van der Waals surface area contributed by atoms with Gasteiger partial charge in [-0.25, -0.2) is 0 Å². The Morgan fingerprint density at radius 3 is 2.26 bits per heavy atom. The number of nitrogens with one attached hydrogen (secondary N) is 1. The lowest BCUT2D eigenvalue weighted by Gasteiger charge is -2.39. The van der Waals surface area contributed by atoms with Gasteiger partial charge in [0.25, 0.3) is 5.91 Å². The molecule has 0 aromatic heterocycles. The quantitative estimate of drug-likeness (QED) is 0.362. The van der Waals surface area contributed by atoms with E-state index in [4.69, 9.17) is 4.74 Å². The third-order valence-electron chi connectivity index (χ3n) is 8.25. The number of rotatable bonds is 9. The third kappa shape index (κ3) is 7.94. The second-order valence-electron chi connectivity index (χ2n) is 11.7. The highest BCUT2D eigenvalue weighted by atomic mass is 19.4. The Balaban J connectivity index is 1.67. The van der Waals surface area contributed by atoms with E-state index in [1.54, 1.807) is 11.0 Å². The predicted octanol–water partition coefficient (Wildman–Crippen LogP) is 6.30. The Kier molecular flexibility index (Phi) is 10.4. The molecule has 0 radical (unpaired) electrons. The number of carbonyl (C=O) groups excluding carboxylic acids is 2. The van der Waals surface area contributed by atoms with Crippen LogP contribution < -0.4 is 10.1 Å². The van der Waals surface area contributed by atoms with Gasteiger partial charge in [-0.15, -0.1) is 0 Å². The van der Waals surface area contributed by atoms with Crippen LogP contribution in [0.25, 0.3) is 0 Å². The molecule has 228 valence electrons. The Hall–Kier alpha value is -3.33. The summed E-state index contributed by atoms with van der Waals surface area (Å²) >= 11 is 0. The van der Waals surface area contributed by atoms with Crippen molar-refractivity contribution in [1.29, 1.82) is 0 Å². The fourth-order valence-corrected chi connectivity index (χ4v) is 6.25. The maximum Gasteiger partial charge on any atom is 0.416 e. The molecular weight excluding hydrogens is 545 g/mol. The average Bonchev–Trinajstić information content (AvgIpc) is 2.96. The summed E-state index contributed by atoms with van der Waals surface area (Å²) in [6.07, 6.45) is 2.76. The topological polar surface area (TPSA) is 78.9 Å². The number of carbonyl (C=O) groups is 2. The van der Waals surface area contributed by atoms with Crippen LogP contribution in [0.3, 0.4) is 0 Å². The number of aryl methyl sites for hydroxylation is 3. The third-order valence-corrected chi connectivity index (χ3v) is 8.25. The minimum atomic E-state index is -4.49. The summed E-state index contributed by atoms with van der Waals surface area (Å²) < 4.78 is 46.2. The first-order chi connectivity index (χ1) is 20.0. The van der Waals surface area contributed by atoms with E-state index in [9.17, 15) is 27.9 Å². The van der Waals surface area contributed by atoms with Gasteiger partial charge in [-0.05, 0) is 87.4 Å². The molecule has 0 spiro atoms. The number of benzene rings is 2. The predicted molar refractivity (Wildman–Crippen MR) is 155 cm³/mol. The van der Waals surface area contributed by atoms with E-state index >= 15 is 0 Å². The number of amides is 2. The van der Waals surface area contributed by atoms with E-state index in [0.717, 1.165) is 66.7 Å².